The van der Waals surface area contributed by atoms with E-state index in [4.69, 9.17) is 4.74 Å². The lowest BCUT2D eigenvalue weighted by Crippen LogP contribution is -2.12. The molecule has 4 heteroatoms. The largest absolute Gasteiger partial charge is 0.466 e. The zero-order chi connectivity index (χ0) is 23.3. The number of benzene rings is 1. The summed E-state index contributed by atoms with van der Waals surface area (Å²) in [5.41, 5.74) is 4.40. The van der Waals surface area contributed by atoms with E-state index in [0.717, 1.165) is 41.0 Å². The summed E-state index contributed by atoms with van der Waals surface area (Å²) in [6.07, 6.45) is 11.9. The molecule has 32 heavy (non-hydrogen) atoms. The van der Waals surface area contributed by atoms with E-state index in [2.05, 4.69) is 11.5 Å². The monoisotopic (exact) mass is 439 g/mol. The Bertz CT molecular complexity index is 851. The van der Waals surface area contributed by atoms with E-state index < -0.39 is 0 Å². The molecule has 0 bridgehead atoms. The smallest absolute Gasteiger partial charge is 0.311 e. The SMILES string of the molecule is CCCCCCCCCCCC(=O)c1c(C)c(CC(=O)OCC)n(-c2ccccc2)c1C. The minimum Gasteiger partial charge on any atom is -0.466 e. The predicted octanol–water partition coefficient (Wildman–Crippen LogP) is 7.30. The van der Waals surface area contributed by atoms with Crippen LogP contribution in [0.3, 0.4) is 0 Å². The number of ketones is 1. The quantitative estimate of drug-likeness (QED) is 0.166. The van der Waals surface area contributed by atoms with Gasteiger partial charge in [0.15, 0.2) is 5.78 Å². The molecule has 0 aliphatic rings. The molecular formula is C28H41NO3. The number of para-hydroxylation sites is 1. The zero-order valence-corrected chi connectivity index (χ0v) is 20.5. The molecule has 0 unspecified atom stereocenters. The van der Waals surface area contributed by atoms with E-state index in [1.807, 2.05) is 51.1 Å². The summed E-state index contributed by atoms with van der Waals surface area (Å²) in [4.78, 5) is 25.4. The third-order valence-electron chi connectivity index (χ3n) is 6.19. The van der Waals surface area contributed by atoms with E-state index in [9.17, 15) is 9.59 Å². The van der Waals surface area contributed by atoms with Crippen LogP contribution in [0.25, 0.3) is 5.69 Å². The number of esters is 1. The molecule has 2 aromatic rings. The van der Waals surface area contributed by atoms with Crippen LogP contribution in [0.4, 0.5) is 0 Å². The van der Waals surface area contributed by atoms with Crippen LogP contribution in [-0.4, -0.2) is 22.9 Å². The van der Waals surface area contributed by atoms with E-state index in [0.29, 0.717) is 13.0 Å². The van der Waals surface area contributed by atoms with Crippen LogP contribution in [0.15, 0.2) is 30.3 Å². The highest BCUT2D eigenvalue weighted by atomic mass is 16.5. The molecular weight excluding hydrogens is 398 g/mol. The van der Waals surface area contributed by atoms with E-state index >= 15 is 0 Å². The number of hydrogen-bond donors (Lipinski definition) is 0. The first-order valence-corrected chi connectivity index (χ1v) is 12.5. The van der Waals surface area contributed by atoms with Crippen LogP contribution in [0.1, 0.15) is 105 Å². The second-order valence-corrected chi connectivity index (χ2v) is 8.69. The van der Waals surface area contributed by atoms with Gasteiger partial charge in [0.05, 0.1) is 13.0 Å². The highest BCUT2D eigenvalue weighted by molar-refractivity contribution is 5.99. The molecule has 0 saturated heterocycles. The number of unbranched alkanes of at least 4 members (excludes halogenated alkanes) is 8. The van der Waals surface area contributed by atoms with E-state index in [1.54, 1.807) is 0 Å². The lowest BCUT2D eigenvalue weighted by molar-refractivity contribution is -0.142. The third-order valence-corrected chi connectivity index (χ3v) is 6.19. The Morgan fingerprint density at radius 2 is 1.44 bits per heavy atom. The summed E-state index contributed by atoms with van der Waals surface area (Å²) in [5.74, 6) is -0.0778. The molecule has 0 spiro atoms. The second-order valence-electron chi connectivity index (χ2n) is 8.69. The van der Waals surface area contributed by atoms with Gasteiger partial charge in [-0.15, -0.1) is 0 Å². The number of rotatable bonds is 15. The Morgan fingerprint density at radius 3 is 2.03 bits per heavy atom. The minimum absolute atomic E-state index is 0.167. The van der Waals surface area contributed by atoms with E-state index in [1.165, 1.54) is 44.9 Å². The fourth-order valence-corrected chi connectivity index (χ4v) is 4.52. The fraction of sp³-hybridized carbons (Fsp3) is 0.571. The lowest BCUT2D eigenvalue weighted by atomic mass is 9.99. The average molecular weight is 440 g/mol. The maximum atomic E-state index is 13.2. The van der Waals surface area contributed by atoms with Crippen LogP contribution < -0.4 is 0 Å². The second kappa shape index (κ2) is 13.9. The molecule has 176 valence electrons. The Kier molecular flexibility index (Phi) is 11.3. The summed E-state index contributed by atoms with van der Waals surface area (Å²) >= 11 is 0. The van der Waals surface area contributed by atoms with Gasteiger partial charge in [0.1, 0.15) is 0 Å². The molecule has 1 heterocycles. The summed E-state index contributed by atoms with van der Waals surface area (Å²) in [6, 6.07) is 9.94. The number of hydrogen-bond acceptors (Lipinski definition) is 3. The molecule has 2 rings (SSSR count). The van der Waals surface area contributed by atoms with Crippen molar-refractivity contribution in [2.75, 3.05) is 6.61 Å². The van der Waals surface area contributed by atoms with Gasteiger partial charge in [-0.25, -0.2) is 0 Å². The number of aromatic nitrogens is 1. The normalized spacial score (nSPS) is 11.0. The van der Waals surface area contributed by atoms with Gasteiger partial charge >= 0.3 is 5.97 Å². The van der Waals surface area contributed by atoms with Crippen molar-refractivity contribution in [1.82, 2.24) is 4.57 Å². The van der Waals surface area contributed by atoms with Crippen LogP contribution >= 0.6 is 0 Å². The van der Waals surface area contributed by atoms with Gasteiger partial charge in [-0.1, -0.05) is 76.5 Å². The maximum absolute atomic E-state index is 13.2. The summed E-state index contributed by atoms with van der Waals surface area (Å²) in [5, 5.41) is 0. The highest BCUT2D eigenvalue weighted by Gasteiger charge is 2.24. The number of nitrogens with zero attached hydrogens (tertiary/aromatic N) is 1. The lowest BCUT2D eigenvalue weighted by Gasteiger charge is -2.12. The molecule has 0 aliphatic heterocycles. The Labute approximate surface area is 194 Å². The molecule has 0 aliphatic carbocycles. The van der Waals surface area contributed by atoms with Crippen molar-refractivity contribution in [2.45, 2.75) is 98.3 Å². The molecule has 0 atom stereocenters. The maximum Gasteiger partial charge on any atom is 0.311 e. The summed E-state index contributed by atoms with van der Waals surface area (Å²) < 4.78 is 7.25. The van der Waals surface area contributed by atoms with Crippen molar-refractivity contribution in [3.63, 3.8) is 0 Å². The summed E-state index contributed by atoms with van der Waals surface area (Å²) in [6.45, 7) is 8.36. The summed E-state index contributed by atoms with van der Waals surface area (Å²) in [7, 11) is 0. The average Bonchev–Trinajstić information content (AvgIpc) is 3.02. The molecule has 0 saturated carbocycles. The van der Waals surface area contributed by atoms with E-state index in [-0.39, 0.29) is 18.2 Å². The topological polar surface area (TPSA) is 48.3 Å². The standard InChI is InChI=1S/C28H41NO3/c1-5-7-8-9-10-11-12-13-17-20-26(30)28-22(3)25(21-27(31)32-6-2)29(23(28)4)24-18-15-14-16-19-24/h14-16,18-19H,5-13,17,20-21H2,1-4H3. The molecule has 0 N–H and O–H groups in total. The fourth-order valence-electron chi connectivity index (χ4n) is 4.52. The van der Waals surface area contributed by atoms with Gasteiger partial charge in [-0.2, -0.15) is 0 Å². The number of ether oxygens (including phenoxy) is 1. The van der Waals surface area contributed by atoms with Gasteiger partial charge in [0.2, 0.25) is 0 Å². The molecule has 1 aromatic carbocycles. The minimum atomic E-state index is -0.261. The van der Waals surface area contributed by atoms with Crippen molar-refractivity contribution >= 4 is 11.8 Å². The number of carbonyl (C=O) groups is 2. The van der Waals surface area contributed by atoms with Crippen LogP contribution in [0.2, 0.25) is 0 Å². The predicted molar refractivity (Wildman–Crippen MR) is 132 cm³/mol. The van der Waals surface area contributed by atoms with Crippen molar-refractivity contribution in [1.29, 1.82) is 0 Å². The van der Waals surface area contributed by atoms with Gasteiger partial charge < -0.3 is 9.30 Å². The number of Topliss-reactive ketones (excluding diaryl/α,β-unsaturated/α-hetero) is 1. The Morgan fingerprint density at radius 1 is 0.844 bits per heavy atom. The van der Waals surface area contributed by atoms with Crippen LogP contribution in [0, 0.1) is 13.8 Å². The van der Waals surface area contributed by atoms with Crippen molar-refractivity contribution in [3.8, 4) is 5.69 Å². The van der Waals surface area contributed by atoms with Gasteiger partial charge in [-0.05, 0) is 44.9 Å². The molecule has 0 fully saturated rings. The molecule has 1 aromatic heterocycles. The van der Waals surface area contributed by atoms with Crippen molar-refractivity contribution in [3.05, 3.63) is 52.8 Å². The van der Waals surface area contributed by atoms with Gasteiger partial charge in [0.25, 0.3) is 0 Å². The first-order chi connectivity index (χ1) is 15.5. The molecule has 0 radical (unpaired) electrons. The van der Waals surface area contributed by atoms with Crippen molar-refractivity contribution in [2.24, 2.45) is 0 Å². The molecule has 4 nitrogen and oxygen atoms in total. The highest BCUT2D eigenvalue weighted by Crippen LogP contribution is 2.28. The Hall–Kier alpha value is -2.36. The number of carbonyl (C=O) groups excluding carboxylic acids is 2. The first-order valence-electron chi connectivity index (χ1n) is 12.5. The third kappa shape index (κ3) is 7.36. The van der Waals surface area contributed by atoms with Gasteiger partial charge in [0, 0.05) is 29.1 Å². The van der Waals surface area contributed by atoms with Crippen LogP contribution in [-0.2, 0) is 16.0 Å². The van der Waals surface area contributed by atoms with Crippen LogP contribution in [0.5, 0.6) is 0 Å². The first kappa shape index (κ1) is 25.9. The van der Waals surface area contributed by atoms with Gasteiger partial charge in [-0.3, -0.25) is 9.59 Å². The van der Waals surface area contributed by atoms with Crippen molar-refractivity contribution < 1.29 is 14.3 Å². The molecule has 0 amide bonds. The zero-order valence-electron chi connectivity index (χ0n) is 20.5. The Balaban J connectivity index is 2.06.